The van der Waals surface area contributed by atoms with E-state index in [1.54, 1.807) is 7.11 Å². The van der Waals surface area contributed by atoms with Crippen LogP contribution in [0.5, 0.6) is 5.75 Å². The van der Waals surface area contributed by atoms with Crippen molar-refractivity contribution in [3.63, 3.8) is 0 Å². The number of carbonyl (C=O) groups excluding carboxylic acids is 1. The Kier molecular flexibility index (Phi) is 6.83. The van der Waals surface area contributed by atoms with E-state index in [1.165, 1.54) is 7.11 Å². The SMILES string of the molecule is COCC(=O)OCCNCc1ccccc1OC. The number of ether oxygens (including phenoxy) is 3. The lowest BCUT2D eigenvalue weighted by molar-refractivity contribution is -0.147. The van der Waals surface area contributed by atoms with Gasteiger partial charge in [0.15, 0.2) is 0 Å². The van der Waals surface area contributed by atoms with E-state index in [9.17, 15) is 4.79 Å². The highest BCUT2D eigenvalue weighted by Crippen LogP contribution is 2.16. The Bertz CT molecular complexity index is 368. The fourth-order valence-corrected chi connectivity index (χ4v) is 1.47. The second-order valence-corrected chi connectivity index (χ2v) is 3.64. The van der Waals surface area contributed by atoms with Crippen LogP contribution < -0.4 is 10.1 Å². The van der Waals surface area contributed by atoms with E-state index in [1.807, 2.05) is 24.3 Å². The molecule has 0 radical (unpaired) electrons. The van der Waals surface area contributed by atoms with Crippen LogP contribution in [-0.2, 0) is 20.8 Å². The van der Waals surface area contributed by atoms with E-state index in [2.05, 4.69) is 10.1 Å². The lowest BCUT2D eigenvalue weighted by Crippen LogP contribution is -2.22. The fourth-order valence-electron chi connectivity index (χ4n) is 1.47. The van der Waals surface area contributed by atoms with Gasteiger partial charge in [-0.3, -0.25) is 0 Å². The van der Waals surface area contributed by atoms with Gasteiger partial charge in [0, 0.05) is 25.8 Å². The predicted octanol–water partition coefficient (Wildman–Crippen LogP) is 0.974. The molecule has 0 bridgehead atoms. The summed E-state index contributed by atoms with van der Waals surface area (Å²) in [6.07, 6.45) is 0. The van der Waals surface area contributed by atoms with Gasteiger partial charge < -0.3 is 19.5 Å². The van der Waals surface area contributed by atoms with Crippen molar-refractivity contribution in [3.8, 4) is 5.75 Å². The highest BCUT2D eigenvalue weighted by Gasteiger charge is 2.02. The van der Waals surface area contributed by atoms with E-state index >= 15 is 0 Å². The summed E-state index contributed by atoms with van der Waals surface area (Å²) in [5.41, 5.74) is 1.07. The van der Waals surface area contributed by atoms with Crippen molar-refractivity contribution in [2.75, 3.05) is 34.0 Å². The Morgan fingerprint density at radius 3 is 2.78 bits per heavy atom. The summed E-state index contributed by atoms with van der Waals surface area (Å²) >= 11 is 0. The average Bonchev–Trinajstić information content (AvgIpc) is 2.39. The average molecular weight is 253 g/mol. The minimum atomic E-state index is -0.350. The summed E-state index contributed by atoms with van der Waals surface area (Å²) < 4.78 is 14.8. The number of nitrogens with one attached hydrogen (secondary N) is 1. The maximum Gasteiger partial charge on any atom is 0.332 e. The molecule has 18 heavy (non-hydrogen) atoms. The monoisotopic (exact) mass is 253 g/mol. The van der Waals surface area contributed by atoms with Gasteiger partial charge in [0.05, 0.1) is 7.11 Å². The summed E-state index contributed by atoms with van der Waals surface area (Å²) in [7, 11) is 3.10. The van der Waals surface area contributed by atoms with E-state index in [0.29, 0.717) is 19.7 Å². The lowest BCUT2D eigenvalue weighted by Gasteiger charge is -2.09. The Balaban J connectivity index is 2.19. The van der Waals surface area contributed by atoms with E-state index in [4.69, 9.17) is 9.47 Å². The van der Waals surface area contributed by atoms with E-state index in [-0.39, 0.29) is 12.6 Å². The molecule has 5 heteroatoms. The number of para-hydroxylation sites is 1. The largest absolute Gasteiger partial charge is 0.496 e. The van der Waals surface area contributed by atoms with Crippen LogP contribution >= 0.6 is 0 Å². The molecule has 1 rings (SSSR count). The first kappa shape index (κ1) is 14.5. The molecule has 0 aliphatic carbocycles. The third kappa shape index (κ3) is 5.16. The Morgan fingerprint density at radius 1 is 1.28 bits per heavy atom. The number of hydrogen-bond acceptors (Lipinski definition) is 5. The van der Waals surface area contributed by atoms with Crippen LogP contribution in [0.4, 0.5) is 0 Å². The molecule has 5 nitrogen and oxygen atoms in total. The van der Waals surface area contributed by atoms with Gasteiger partial charge in [0.1, 0.15) is 19.0 Å². The van der Waals surface area contributed by atoms with Gasteiger partial charge in [-0.25, -0.2) is 4.79 Å². The van der Waals surface area contributed by atoms with Gasteiger partial charge in [-0.1, -0.05) is 18.2 Å². The Morgan fingerprint density at radius 2 is 2.06 bits per heavy atom. The molecule has 0 unspecified atom stereocenters. The van der Waals surface area contributed by atoms with Gasteiger partial charge in [-0.2, -0.15) is 0 Å². The summed E-state index contributed by atoms with van der Waals surface area (Å²) in [6, 6.07) is 7.78. The molecule has 0 aliphatic rings. The van der Waals surface area contributed by atoms with Crippen molar-refractivity contribution < 1.29 is 19.0 Å². The van der Waals surface area contributed by atoms with Gasteiger partial charge in [0.25, 0.3) is 0 Å². The van der Waals surface area contributed by atoms with Crippen molar-refractivity contribution in [1.82, 2.24) is 5.32 Å². The molecular weight excluding hydrogens is 234 g/mol. The maximum absolute atomic E-state index is 11.0. The second-order valence-electron chi connectivity index (χ2n) is 3.64. The van der Waals surface area contributed by atoms with Crippen LogP contribution in [0.1, 0.15) is 5.56 Å². The summed E-state index contributed by atoms with van der Waals surface area (Å²) in [6.45, 7) is 1.59. The zero-order valence-corrected chi connectivity index (χ0v) is 10.8. The van der Waals surface area contributed by atoms with Crippen molar-refractivity contribution in [2.45, 2.75) is 6.54 Å². The molecule has 0 aromatic heterocycles. The fraction of sp³-hybridized carbons (Fsp3) is 0.462. The van der Waals surface area contributed by atoms with Crippen molar-refractivity contribution in [1.29, 1.82) is 0 Å². The molecular formula is C13H19NO4. The van der Waals surface area contributed by atoms with Crippen LogP contribution in [0.15, 0.2) is 24.3 Å². The first-order valence-electron chi connectivity index (χ1n) is 5.75. The maximum atomic E-state index is 11.0. The van der Waals surface area contributed by atoms with E-state index < -0.39 is 0 Å². The van der Waals surface area contributed by atoms with Crippen LogP contribution in [-0.4, -0.2) is 39.9 Å². The molecule has 1 aromatic rings. The quantitative estimate of drug-likeness (QED) is 0.553. The molecule has 0 spiro atoms. The summed E-state index contributed by atoms with van der Waals surface area (Å²) in [4.78, 5) is 11.0. The molecule has 0 saturated carbocycles. The standard InChI is InChI=1S/C13H19NO4/c1-16-10-13(15)18-8-7-14-9-11-5-3-4-6-12(11)17-2/h3-6,14H,7-10H2,1-2H3. The molecule has 1 N–H and O–H groups in total. The molecule has 100 valence electrons. The zero-order chi connectivity index (χ0) is 13.2. The number of benzene rings is 1. The smallest absolute Gasteiger partial charge is 0.332 e. The van der Waals surface area contributed by atoms with Crippen LogP contribution in [0, 0.1) is 0 Å². The van der Waals surface area contributed by atoms with Crippen molar-refractivity contribution in [2.24, 2.45) is 0 Å². The minimum absolute atomic E-state index is 0.00743. The second kappa shape index (κ2) is 8.49. The predicted molar refractivity (Wildman–Crippen MR) is 67.5 cm³/mol. The first-order chi connectivity index (χ1) is 8.77. The van der Waals surface area contributed by atoms with Crippen LogP contribution in [0.3, 0.4) is 0 Å². The topological polar surface area (TPSA) is 56.8 Å². The highest BCUT2D eigenvalue weighted by atomic mass is 16.6. The van der Waals surface area contributed by atoms with Gasteiger partial charge in [-0.05, 0) is 6.07 Å². The molecule has 0 amide bonds. The van der Waals surface area contributed by atoms with Gasteiger partial charge in [0.2, 0.25) is 0 Å². The molecule has 0 heterocycles. The Hall–Kier alpha value is -1.59. The Labute approximate surface area is 107 Å². The van der Waals surface area contributed by atoms with Gasteiger partial charge >= 0.3 is 5.97 Å². The molecule has 1 aromatic carbocycles. The summed E-state index contributed by atoms with van der Waals surface area (Å²) in [5, 5.41) is 3.18. The number of carbonyl (C=O) groups is 1. The number of rotatable bonds is 8. The normalized spacial score (nSPS) is 10.1. The third-order valence-electron chi connectivity index (χ3n) is 2.31. The molecule has 0 saturated heterocycles. The molecule has 0 atom stereocenters. The van der Waals surface area contributed by atoms with Crippen molar-refractivity contribution in [3.05, 3.63) is 29.8 Å². The number of methoxy groups -OCH3 is 2. The number of hydrogen-bond donors (Lipinski definition) is 1. The third-order valence-corrected chi connectivity index (χ3v) is 2.31. The van der Waals surface area contributed by atoms with Crippen LogP contribution in [0.2, 0.25) is 0 Å². The number of esters is 1. The first-order valence-corrected chi connectivity index (χ1v) is 5.75. The van der Waals surface area contributed by atoms with Crippen molar-refractivity contribution >= 4 is 5.97 Å². The zero-order valence-electron chi connectivity index (χ0n) is 10.8. The van der Waals surface area contributed by atoms with Crippen LogP contribution in [0.25, 0.3) is 0 Å². The summed E-state index contributed by atoms with van der Waals surface area (Å²) in [5.74, 6) is 0.498. The van der Waals surface area contributed by atoms with Gasteiger partial charge in [-0.15, -0.1) is 0 Å². The highest BCUT2D eigenvalue weighted by molar-refractivity contribution is 5.70. The minimum Gasteiger partial charge on any atom is -0.496 e. The molecule has 0 fully saturated rings. The molecule has 0 aliphatic heterocycles. The van der Waals surface area contributed by atoms with E-state index in [0.717, 1.165) is 11.3 Å². The lowest BCUT2D eigenvalue weighted by atomic mass is 10.2.